The van der Waals surface area contributed by atoms with E-state index < -0.39 is 35.6 Å². The van der Waals surface area contributed by atoms with Crippen molar-refractivity contribution in [2.45, 2.75) is 19.0 Å². The molecule has 2 atom stereocenters. The van der Waals surface area contributed by atoms with Gasteiger partial charge in [-0.3, -0.25) is 19.4 Å². The molecular formula is C19H16FN5O3. The quantitative estimate of drug-likeness (QED) is 0.821. The molecule has 9 heteroatoms. The lowest BCUT2D eigenvalue weighted by Crippen LogP contribution is -2.43. The average molecular weight is 381 g/mol. The molecule has 2 aromatic rings. The van der Waals surface area contributed by atoms with Gasteiger partial charge in [-0.2, -0.15) is 5.11 Å². The summed E-state index contributed by atoms with van der Waals surface area (Å²) in [5.41, 5.74) is 1.46. The summed E-state index contributed by atoms with van der Waals surface area (Å²) in [7, 11) is 0. The molecule has 1 saturated heterocycles. The fraction of sp³-hybridized carbons (Fsp3) is 0.211. The van der Waals surface area contributed by atoms with Crippen LogP contribution < -0.4 is 10.2 Å². The lowest BCUT2D eigenvalue weighted by molar-refractivity contribution is -0.123. The van der Waals surface area contributed by atoms with Crippen LogP contribution in [0.2, 0.25) is 0 Å². The van der Waals surface area contributed by atoms with Crippen LogP contribution in [-0.2, 0) is 14.4 Å². The number of carbonyl (C=O) groups excluding carboxylic acids is 3. The van der Waals surface area contributed by atoms with E-state index in [1.54, 1.807) is 30.3 Å². The van der Waals surface area contributed by atoms with Gasteiger partial charge < -0.3 is 5.32 Å². The molecule has 2 aliphatic rings. The Morgan fingerprint density at radius 2 is 1.82 bits per heavy atom. The van der Waals surface area contributed by atoms with Gasteiger partial charge in [0, 0.05) is 0 Å². The van der Waals surface area contributed by atoms with Crippen molar-refractivity contribution >= 4 is 29.1 Å². The van der Waals surface area contributed by atoms with Crippen LogP contribution >= 0.6 is 0 Å². The number of hydrogen-bond donors (Lipinski definition) is 1. The number of amides is 3. The molecule has 0 spiro atoms. The molecular weight excluding hydrogens is 365 g/mol. The molecule has 0 radical (unpaired) electrons. The summed E-state index contributed by atoms with van der Waals surface area (Å²) in [6, 6.07) is 10.7. The van der Waals surface area contributed by atoms with Crippen molar-refractivity contribution in [3.05, 3.63) is 59.9 Å². The molecule has 3 amide bonds. The molecule has 1 N–H and O–H groups in total. The molecule has 4 rings (SSSR count). The standard InChI is InChI=1S/C19H16FN5O3/c1-11-6-8-12(9-7-11)25-18(27)16-17(19(25)28)24(23-22-16)10-15(26)21-14-5-3-2-4-13(14)20/h2-9,16-17H,10H2,1H3,(H,21,26)/t16-,17+/m0/s1. The molecule has 28 heavy (non-hydrogen) atoms. The van der Waals surface area contributed by atoms with Crippen LogP contribution in [0, 0.1) is 12.7 Å². The Kier molecular flexibility index (Phi) is 4.34. The number of rotatable bonds is 4. The van der Waals surface area contributed by atoms with Gasteiger partial charge in [0.1, 0.15) is 12.4 Å². The predicted molar refractivity (Wildman–Crippen MR) is 97.8 cm³/mol. The van der Waals surface area contributed by atoms with Crippen molar-refractivity contribution in [3.63, 3.8) is 0 Å². The predicted octanol–water partition coefficient (Wildman–Crippen LogP) is 2.07. The number of carbonyl (C=O) groups is 3. The van der Waals surface area contributed by atoms with E-state index in [9.17, 15) is 18.8 Å². The lowest BCUT2D eigenvalue weighted by Gasteiger charge is -2.20. The molecule has 0 aromatic heterocycles. The third-order valence-electron chi connectivity index (χ3n) is 4.60. The molecule has 2 aromatic carbocycles. The van der Waals surface area contributed by atoms with Crippen molar-refractivity contribution in [1.82, 2.24) is 5.01 Å². The smallest absolute Gasteiger partial charge is 0.263 e. The number of nitrogens with one attached hydrogen (secondary N) is 1. The number of halogens is 1. The molecule has 2 heterocycles. The van der Waals surface area contributed by atoms with Crippen LogP contribution in [-0.4, -0.2) is 41.4 Å². The van der Waals surface area contributed by atoms with Crippen LogP contribution in [0.15, 0.2) is 58.9 Å². The van der Waals surface area contributed by atoms with E-state index in [1.165, 1.54) is 18.2 Å². The lowest BCUT2D eigenvalue weighted by atomic mass is 10.1. The van der Waals surface area contributed by atoms with E-state index in [-0.39, 0.29) is 12.2 Å². The van der Waals surface area contributed by atoms with Gasteiger partial charge in [0.15, 0.2) is 12.1 Å². The largest absolute Gasteiger partial charge is 0.322 e. The van der Waals surface area contributed by atoms with Gasteiger partial charge in [-0.15, -0.1) is 0 Å². The Morgan fingerprint density at radius 1 is 1.11 bits per heavy atom. The minimum atomic E-state index is -0.991. The Labute approximate surface area is 159 Å². The number of nitrogens with zero attached hydrogens (tertiary/aromatic N) is 4. The molecule has 1 fully saturated rings. The number of hydrogen-bond acceptors (Lipinski definition) is 6. The van der Waals surface area contributed by atoms with E-state index in [0.717, 1.165) is 15.5 Å². The van der Waals surface area contributed by atoms with Crippen LogP contribution in [0.1, 0.15) is 5.56 Å². The fourth-order valence-corrected chi connectivity index (χ4v) is 3.20. The van der Waals surface area contributed by atoms with Crippen molar-refractivity contribution < 1.29 is 18.8 Å². The summed E-state index contributed by atoms with van der Waals surface area (Å²) in [6.45, 7) is 1.57. The summed E-state index contributed by atoms with van der Waals surface area (Å²) in [5.74, 6) is -2.13. The Balaban J connectivity index is 1.49. The minimum Gasteiger partial charge on any atom is -0.322 e. The maximum Gasteiger partial charge on any atom is 0.263 e. The van der Waals surface area contributed by atoms with Gasteiger partial charge in [-0.1, -0.05) is 35.1 Å². The maximum atomic E-state index is 13.7. The van der Waals surface area contributed by atoms with E-state index in [2.05, 4.69) is 15.7 Å². The highest BCUT2D eigenvalue weighted by atomic mass is 19.1. The Bertz CT molecular complexity index is 991. The SMILES string of the molecule is Cc1ccc(N2C(=O)[C@H]3N=NN(CC(=O)Nc4ccccc4F)[C@H]3C2=O)cc1. The molecule has 8 nitrogen and oxygen atoms in total. The van der Waals surface area contributed by atoms with Crippen molar-refractivity contribution in [2.75, 3.05) is 16.8 Å². The summed E-state index contributed by atoms with van der Waals surface area (Å²) >= 11 is 0. The first-order valence-corrected chi connectivity index (χ1v) is 8.62. The van der Waals surface area contributed by atoms with Crippen molar-refractivity contribution in [3.8, 4) is 0 Å². The molecule has 0 aliphatic carbocycles. The van der Waals surface area contributed by atoms with E-state index in [0.29, 0.717) is 5.69 Å². The zero-order valence-corrected chi connectivity index (χ0v) is 14.9. The van der Waals surface area contributed by atoms with Crippen molar-refractivity contribution in [2.24, 2.45) is 10.3 Å². The van der Waals surface area contributed by atoms with Crippen LogP contribution in [0.25, 0.3) is 0 Å². The number of fused-ring (bicyclic) bond motifs is 1. The summed E-state index contributed by atoms with van der Waals surface area (Å²) in [5, 5.41) is 11.3. The zero-order chi connectivity index (χ0) is 19.8. The van der Waals surface area contributed by atoms with Crippen molar-refractivity contribution in [1.29, 1.82) is 0 Å². The number of anilines is 2. The minimum absolute atomic E-state index is 0.0234. The summed E-state index contributed by atoms with van der Waals surface area (Å²) < 4.78 is 13.7. The first kappa shape index (κ1) is 17.8. The van der Waals surface area contributed by atoms with E-state index in [4.69, 9.17) is 0 Å². The zero-order valence-electron chi connectivity index (χ0n) is 14.9. The van der Waals surface area contributed by atoms with Gasteiger partial charge >= 0.3 is 0 Å². The molecule has 2 aliphatic heterocycles. The van der Waals surface area contributed by atoms with Gasteiger partial charge in [-0.05, 0) is 31.2 Å². The van der Waals surface area contributed by atoms with Gasteiger partial charge in [0.25, 0.3) is 11.8 Å². The second kappa shape index (κ2) is 6.84. The van der Waals surface area contributed by atoms with Gasteiger partial charge in [-0.25, -0.2) is 9.29 Å². The highest BCUT2D eigenvalue weighted by molar-refractivity contribution is 6.25. The molecule has 0 bridgehead atoms. The van der Waals surface area contributed by atoms with Crippen LogP contribution in [0.5, 0.6) is 0 Å². The second-order valence-electron chi connectivity index (χ2n) is 6.57. The Morgan fingerprint density at radius 3 is 2.54 bits per heavy atom. The third kappa shape index (κ3) is 3.00. The van der Waals surface area contributed by atoms with Crippen LogP contribution in [0.4, 0.5) is 15.8 Å². The van der Waals surface area contributed by atoms with E-state index >= 15 is 0 Å². The summed E-state index contributed by atoms with van der Waals surface area (Å²) in [6.07, 6.45) is 0. The summed E-state index contributed by atoms with van der Waals surface area (Å²) in [4.78, 5) is 38.8. The highest BCUT2D eigenvalue weighted by Crippen LogP contribution is 2.31. The molecule has 142 valence electrons. The molecule has 0 saturated carbocycles. The topological polar surface area (TPSA) is 94.4 Å². The number of benzene rings is 2. The Hall–Kier alpha value is -3.62. The first-order chi connectivity index (χ1) is 13.5. The number of para-hydroxylation sites is 1. The number of imide groups is 1. The van der Waals surface area contributed by atoms with Gasteiger partial charge in [0.2, 0.25) is 5.91 Å². The number of aryl methyl sites for hydroxylation is 1. The van der Waals surface area contributed by atoms with E-state index in [1.807, 2.05) is 6.92 Å². The molecule has 0 unspecified atom stereocenters. The van der Waals surface area contributed by atoms with Gasteiger partial charge in [0.05, 0.1) is 11.4 Å². The van der Waals surface area contributed by atoms with Crippen LogP contribution in [0.3, 0.4) is 0 Å². The monoisotopic (exact) mass is 381 g/mol. The maximum absolute atomic E-state index is 13.7. The highest BCUT2D eigenvalue weighted by Gasteiger charge is 2.55. The second-order valence-corrected chi connectivity index (χ2v) is 6.57. The first-order valence-electron chi connectivity index (χ1n) is 8.62. The normalized spacial score (nSPS) is 20.6. The average Bonchev–Trinajstić information content (AvgIpc) is 3.18. The third-order valence-corrected chi connectivity index (χ3v) is 4.60. The fourth-order valence-electron chi connectivity index (χ4n) is 3.20.